The van der Waals surface area contributed by atoms with Gasteiger partial charge in [0, 0.05) is 11.3 Å². The molecule has 1 aliphatic heterocycles. The summed E-state index contributed by atoms with van der Waals surface area (Å²) in [6, 6.07) is 7.46. The van der Waals surface area contributed by atoms with E-state index in [1.807, 2.05) is 5.32 Å². The lowest BCUT2D eigenvalue weighted by atomic mass is 10.2. The SMILES string of the molecule is O=C(NC(=O)c1ccc2c(c1)OCO2)Nc1cccc(C(F)(F)F)c1. The quantitative estimate of drug-likeness (QED) is 0.869. The number of halogens is 3. The number of carbonyl (C=O) groups excluding carboxylic acids is 2. The molecule has 0 fully saturated rings. The second-order valence-corrected chi connectivity index (χ2v) is 5.05. The van der Waals surface area contributed by atoms with Crippen molar-refractivity contribution in [1.82, 2.24) is 5.32 Å². The molecule has 0 radical (unpaired) electrons. The predicted octanol–water partition coefficient (Wildman–Crippen LogP) is 3.40. The van der Waals surface area contributed by atoms with E-state index in [0.717, 1.165) is 18.2 Å². The number of urea groups is 1. The number of alkyl halides is 3. The molecule has 0 aromatic heterocycles. The van der Waals surface area contributed by atoms with Crippen LogP contribution < -0.4 is 20.1 Å². The first-order valence-corrected chi connectivity index (χ1v) is 7.02. The Balaban J connectivity index is 1.65. The van der Waals surface area contributed by atoms with Crippen LogP contribution in [-0.2, 0) is 6.18 Å². The van der Waals surface area contributed by atoms with Crippen molar-refractivity contribution in [2.24, 2.45) is 0 Å². The van der Waals surface area contributed by atoms with Gasteiger partial charge >= 0.3 is 12.2 Å². The summed E-state index contributed by atoms with van der Waals surface area (Å²) in [7, 11) is 0. The number of benzene rings is 2. The fourth-order valence-corrected chi connectivity index (χ4v) is 2.15. The predicted molar refractivity (Wildman–Crippen MR) is 80.5 cm³/mol. The van der Waals surface area contributed by atoms with E-state index in [0.29, 0.717) is 11.5 Å². The summed E-state index contributed by atoms with van der Waals surface area (Å²) in [5.74, 6) is 0.110. The largest absolute Gasteiger partial charge is 0.454 e. The van der Waals surface area contributed by atoms with E-state index in [2.05, 4.69) is 5.32 Å². The third-order valence-electron chi connectivity index (χ3n) is 3.31. The number of hydrogen-bond donors (Lipinski definition) is 2. The van der Waals surface area contributed by atoms with Crippen LogP contribution in [0.4, 0.5) is 23.7 Å². The number of ether oxygens (including phenoxy) is 2. The van der Waals surface area contributed by atoms with Crippen molar-refractivity contribution in [2.75, 3.05) is 12.1 Å². The van der Waals surface area contributed by atoms with Gasteiger partial charge < -0.3 is 14.8 Å². The molecule has 3 rings (SSSR count). The highest BCUT2D eigenvalue weighted by Crippen LogP contribution is 2.32. The molecule has 0 bridgehead atoms. The maximum absolute atomic E-state index is 12.6. The van der Waals surface area contributed by atoms with Gasteiger partial charge in [-0.2, -0.15) is 13.2 Å². The van der Waals surface area contributed by atoms with Gasteiger partial charge in [-0.1, -0.05) is 6.07 Å². The summed E-state index contributed by atoms with van der Waals surface area (Å²) in [6.45, 7) is 0.0381. The number of imide groups is 1. The van der Waals surface area contributed by atoms with Gasteiger partial charge in [-0.05, 0) is 36.4 Å². The first-order chi connectivity index (χ1) is 11.8. The Morgan fingerprint density at radius 3 is 2.52 bits per heavy atom. The van der Waals surface area contributed by atoms with Gasteiger partial charge in [-0.15, -0.1) is 0 Å². The Labute approximate surface area is 139 Å². The molecule has 0 spiro atoms. The molecule has 0 saturated carbocycles. The molecule has 9 heteroatoms. The number of carbonyl (C=O) groups is 2. The molecule has 0 atom stereocenters. The summed E-state index contributed by atoms with van der Waals surface area (Å²) >= 11 is 0. The number of fused-ring (bicyclic) bond motifs is 1. The van der Waals surface area contributed by atoms with Crippen molar-refractivity contribution in [1.29, 1.82) is 0 Å². The van der Waals surface area contributed by atoms with Crippen LogP contribution in [0.3, 0.4) is 0 Å². The minimum atomic E-state index is -4.53. The number of anilines is 1. The number of amides is 3. The van der Waals surface area contributed by atoms with Crippen molar-refractivity contribution in [2.45, 2.75) is 6.18 Å². The maximum atomic E-state index is 12.6. The minimum absolute atomic E-state index is 0.0381. The highest BCUT2D eigenvalue weighted by Gasteiger charge is 2.30. The van der Waals surface area contributed by atoms with Crippen LogP contribution in [0.1, 0.15) is 15.9 Å². The monoisotopic (exact) mass is 352 g/mol. The Morgan fingerprint density at radius 2 is 1.76 bits per heavy atom. The van der Waals surface area contributed by atoms with Crippen molar-refractivity contribution >= 4 is 17.6 Å². The summed E-state index contributed by atoms with van der Waals surface area (Å²) < 4.78 is 48.2. The van der Waals surface area contributed by atoms with Crippen LogP contribution >= 0.6 is 0 Å². The summed E-state index contributed by atoms with van der Waals surface area (Å²) in [5, 5.41) is 4.21. The van der Waals surface area contributed by atoms with E-state index >= 15 is 0 Å². The number of nitrogens with one attached hydrogen (secondary N) is 2. The van der Waals surface area contributed by atoms with E-state index in [1.165, 1.54) is 24.3 Å². The Hall–Kier alpha value is -3.23. The molecule has 0 unspecified atom stereocenters. The zero-order valence-electron chi connectivity index (χ0n) is 12.5. The standard InChI is InChI=1S/C16H11F3N2O4/c17-16(18,19)10-2-1-3-11(7-10)20-15(23)21-14(22)9-4-5-12-13(6-9)25-8-24-12/h1-7H,8H2,(H2,20,21,22,23). The van der Waals surface area contributed by atoms with Crippen LogP contribution in [0, 0.1) is 0 Å². The zero-order valence-corrected chi connectivity index (χ0v) is 12.5. The van der Waals surface area contributed by atoms with Crippen LogP contribution in [0.15, 0.2) is 42.5 Å². The lowest BCUT2D eigenvalue weighted by Gasteiger charge is -2.10. The summed E-state index contributed by atoms with van der Waals surface area (Å²) in [6.07, 6.45) is -4.53. The Kier molecular flexibility index (Phi) is 4.22. The molecule has 6 nitrogen and oxygen atoms in total. The van der Waals surface area contributed by atoms with Gasteiger partial charge in [0.25, 0.3) is 5.91 Å². The fourth-order valence-electron chi connectivity index (χ4n) is 2.15. The number of rotatable bonds is 2. The van der Waals surface area contributed by atoms with Crippen LogP contribution in [0.2, 0.25) is 0 Å². The Morgan fingerprint density at radius 1 is 1.00 bits per heavy atom. The lowest BCUT2D eigenvalue weighted by Crippen LogP contribution is -2.34. The van der Waals surface area contributed by atoms with Gasteiger partial charge in [0.15, 0.2) is 11.5 Å². The molecule has 3 amide bonds. The second kappa shape index (κ2) is 6.34. The third-order valence-corrected chi connectivity index (χ3v) is 3.31. The molecule has 2 aromatic rings. The van der Waals surface area contributed by atoms with E-state index in [4.69, 9.17) is 9.47 Å². The second-order valence-electron chi connectivity index (χ2n) is 5.05. The molecule has 2 aromatic carbocycles. The van der Waals surface area contributed by atoms with Gasteiger partial charge in [0.05, 0.1) is 5.56 Å². The third kappa shape index (κ3) is 3.82. The van der Waals surface area contributed by atoms with Gasteiger partial charge in [0.1, 0.15) is 0 Å². The first kappa shape index (κ1) is 16.6. The fraction of sp³-hybridized carbons (Fsp3) is 0.125. The van der Waals surface area contributed by atoms with E-state index < -0.39 is 23.7 Å². The molecule has 2 N–H and O–H groups in total. The average molecular weight is 352 g/mol. The van der Waals surface area contributed by atoms with Crippen molar-refractivity contribution in [3.05, 3.63) is 53.6 Å². The van der Waals surface area contributed by atoms with Crippen LogP contribution in [0.5, 0.6) is 11.5 Å². The van der Waals surface area contributed by atoms with E-state index in [-0.39, 0.29) is 18.0 Å². The van der Waals surface area contributed by atoms with Crippen molar-refractivity contribution < 1.29 is 32.2 Å². The minimum Gasteiger partial charge on any atom is -0.454 e. The van der Waals surface area contributed by atoms with Crippen molar-refractivity contribution in [3.8, 4) is 11.5 Å². The maximum Gasteiger partial charge on any atom is 0.416 e. The molecule has 25 heavy (non-hydrogen) atoms. The highest BCUT2D eigenvalue weighted by atomic mass is 19.4. The zero-order chi connectivity index (χ0) is 18.0. The molecule has 1 aliphatic rings. The van der Waals surface area contributed by atoms with Crippen LogP contribution in [0.25, 0.3) is 0 Å². The smallest absolute Gasteiger partial charge is 0.416 e. The molecule has 0 aliphatic carbocycles. The van der Waals surface area contributed by atoms with E-state index in [9.17, 15) is 22.8 Å². The highest BCUT2D eigenvalue weighted by molar-refractivity contribution is 6.08. The van der Waals surface area contributed by atoms with Gasteiger partial charge in [0.2, 0.25) is 6.79 Å². The Bertz CT molecular complexity index is 836. The summed E-state index contributed by atoms with van der Waals surface area (Å²) in [5.41, 5.74) is -0.860. The average Bonchev–Trinajstić information content (AvgIpc) is 3.01. The molecule has 130 valence electrons. The molecular formula is C16H11F3N2O4. The van der Waals surface area contributed by atoms with Crippen LogP contribution in [-0.4, -0.2) is 18.7 Å². The van der Waals surface area contributed by atoms with Gasteiger partial charge in [-0.25, -0.2) is 4.79 Å². The normalized spacial score (nSPS) is 12.6. The van der Waals surface area contributed by atoms with Crippen molar-refractivity contribution in [3.63, 3.8) is 0 Å². The first-order valence-electron chi connectivity index (χ1n) is 7.02. The number of hydrogen-bond acceptors (Lipinski definition) is 4. The molecule has 1 heterocycles. The molecule has 0 saturated heterocycles. The van der Waals surface area contributed by atoms with Gasteiger partial charge in [-0.3, -0.25) is 10.1 Å². The molecular weight excluding hydrogens is 341 g/mol. The van der Waals surface area contributed by atoms with E-state index in [1.54, 1.807) is 0 Å². The lowest BCUT2D eigenvalue weighted by molar-refractivity contribution is -0.137. The summed E-state index contributed by atoms with van der Waals surface area (Å²) in [4.78, 5) is 23.8. The topological polar surface area (TPSA) is 76.7 Å².